The third kappa shape index (κ3) is 2.24. The van der Waals surface area contributed by atoms with Crippen LogP contribution in [0.5, 0.6) is 0 Å². The average molecular weight is 300 g/mol. The number of anilines is 1. The molecule has 0 radical (unpaired) electrons. The summed E-state index contributed by atoms with van der Waals surface area (Å²) in [7, 11) is 0. The molecule has 1 aromatic rings. The predicted molar refractivity (Wildman–Crippen MR) is 86.7 cm³/mol. The quantitative estimate of drug-likeness (QED) is 0.724. The Balaban J connectivity index is 1.60. The van der Waals surface area contributed by atoms with Crippen LogP contribution in [0, 0.1) is 5.92 Å². The highest BCUT2D eigenvalue weighted by atomic mass is 16.2. The van der Waals surface area contributed by atoms with Crippen LogP contribution in [0.3, 0.4) is 0 Å². The molecular formula is C17H24N4O. The van der Waals surface area contributed by atoms with Gasteiger partial charge in [-0.2, -0.15) is 0 Å². The molecule has 0 bridgehead atoms. The highest BCUT2D eigenvalue weighted by Crippen LogP contribution is 2.36. The van der Waals surface area contributed by atoms with Crippen molar-refractivity contribution >= 4 is 11.6 Å². The van der Waals surface area contributed by atoms with Crippen LogP contribution in [0.1, 0.15) is 31.2 Å². The molecule has 5 heteroatoms. The van der Waals surface area contributed by atoms with E-state index >= 15 is 0 Å². The van der Waals surface area contributed by atoms with Crippen LogP contribution in [0.2, 0.25) is 0 Å². The Hall–Kier alpha value is -1.43. The SMILES string of the molecule is CC1CCN(C(=O)C2NNC3CCNCC32)c2ccccc21. The zero-order chi connectivity index (χ0) is 15.1. The van der Waals surface area contributed by atoms with Crippen molar-refractivity contribution in [1.29, 1.82) is 0 Å². The van der Waals surface area contributed by atoms with Gasteiger partial charge in [-0.3, -0.25) is 10.2 Å². The van der Waals surface area contributed by atoms with Gasteiger partial charge in [0.1, 0.15) is 6.04 Å². The molecule has 4 rings (SSSR count). The summed E-state index contributed by atoms with van der Waals surface area (Å²) in [6, 6.07) is 8.63. The summed E-state index contributed by atoms with van der Waals surface area (Å²) >= 11 is 0. The van der Waals surface area contributed by atoms with Crippen LogP contribution < -0.4 is 21.1 Å². The number of hydrogen-bond donors (Lipinski definition) is 3. The Bertz CT molecular complexity index is 576. The third-order valence-electron chi connectivity index (χ3n) is 5.46. The van der Waals surface area contributed by atoms with Gasteiger partial charge in [0.2, 0.25) is 5.91 Å². The van der Waals surface area contributed by atoms with Gasteiger partial charge < -0.3 is 10.2 Å². The van der Waals surface area contributed by atoms with E-state index in [4.69, 9.17) is 0 Å². The summed E-state index contributed by atoms with van der Waals surface area (Å²) in [5, 5.41) is 3.42. The molecule has 0 aromatic heterocycles. The molecule has 0 spiro atoms. The first-order chi connectivity index (χ1) is 10.8. The Labute approximate surface area is 131 Å². The number of carbonyl (C=O) groups is 1. The number of hydrogen-bond acceptors (Lipinski definition) is 4. The maximum atomic E-state index is 13.1. The maximum absolute atomic E-state index is 13.1. The van der Waals surface area contributed by atoms with E-state index in [9.17, 15) is 4.79 Å². The van der Waals surface area contributed by atoms with Gasteiger partial charge in [-0.05, 0) is 36.9 Å². The lowest BCUT2D eigenvalue weighted by molar-refractivity contribution is -0.121. The first kappa shape index (κ1) is 14.2. The van der Waals surface area contributed by atoms with E-state index in [1.807, 2.05) is 11.0 Å². The number of hydrazine groups is 1. The smallest absolute Gasteiger partial charge is 0.245 e. The predicted octanol–water partition coefficient (Wildman–Crippen LogP) is 0.981. The number of amides is 1. The molecule has 0 aliphatic carbocycles. The van der Waals surface area contributed by atoms with Gasteiger partial charge >= 0.3 is 0 Å². The lowest BCUT2D eigenvalue weighted by Gasteiger charge is -2.36. The second-order valence-electron chi connectivity index (χ2n) is 6.77. The second kappa shape index (κ2) is 5.65. The minimum absolute atomic E-state index is 0.126. The number of benzene rings is 1. The largest absolute Gasteiger partial charge is 0.316 e. The van der Waals surface area contributed by atoms with Crippen LogP contribution in [0.25, 0.3) is 0 Å². The Kier molecular flexibility index (Phi) is 3.64. The summed E-state index contributed by atoms with van der Waals surface area (Å²) in [6.45, 7) is 5.00. The number of para-hydroxylation sites is 1. The van der Waals surface area contributed by atoms with Crippen molar-refractivity contribution in [3.8, 4) is 0 Å². The van der Waals surface area contributed by atoms with Crippen molar-refractivity contribution in [2.24, 2.45) is 5.92 Å². The second-order valence-corrected chi connectivity index (χ2v) is 6.77. The molecule has 5 nitrogen and oxygen atoms in total. The summed E-state index contributed by atoms with van der Waals surface area (Å²) in [5.41, 5.74) is 8.98. The van der Waals surface area contributed by atoms with Gasteiger partial charge in [0.25, 0.3) is 0 Å². The van der Waals surface area contributed by atoms with E-state index in [0.717, 1.165) is 38.2 Å². The van der Waals surface area contributed by atoms with Crippen molar-refractivity contribution in [3.05, 3.63) is 29.8 Å². The number of nitrogens with one attached hydrogen (secondary N) is 3. The van der Waals surface area contributed by atoms with E-state index in [2.05, 4.69) is 41.3 Å². The Morgan fingerprint density at radius 1 is 1.23 bits per heavy atom. The van der Waals surface area contributed by atoms with Gasteiger partial charge in [-0.15, -0.1) is 0 Å². The molecular weight excluding hydrogens is 276 g/mol. The first-order valence-electron chi connectivity index (χ1n) is 8.38. The third-order valence-corrected chi connectivity index (χ3v) is 5.46. The number of carbonyl (C=O) groups excluding carboxylic acids is 1. The van der Waals surface area contributed by atoms with Gasteiger partial charge in [-0.25, -0.2) is 5.43 Å². The Morgan fingerprint density at radius 3 is 3.00 bits per heavy atom. The standard InChI is InChI=1S/C17H24N4O/c1-11-7-9-21(15-5-3-2-4-12(11)15)17(22)16-13-10-18-8-6-14(13)19-20-16/h2-5,11,13-14,16,18-20H,6-10H2,1H3. The lowest BCUT2D eigenvalue weighted by atomic mass is 9.87. The molecule has 1 aromatic carbocycles. The van der Waals surface area contributed by atoms with Gasteiger partial charge in [0, 0.05) is 30.7 Å². The summed E-state index contributed by atoms with van der Waals surface area (Å²) in [6.07, 6.45) is 2.12. The van der Waals surface area contributed by atoms with Crippen molar-refractivity contribution < 1.29 is 4.79 Å². The molecule has 4 unspecified atom stereocenters. The average Bonchev–Trinajstić information content (AvgIpc) is 2.99. The summed E-state index contributed by atoms with van der Waals surface area (Å²) < 4.78 is 0. The summed E-state index contributed by atoms with van der Waals surface area (Å²) in [4.78, 5) is 15.1. The topological polar surface area (TPSA) is 56.4 Å². The van der Waals surface area contributed by atoms with E-state index in [0.29, 0.717) is 17.9 Å². The molecule has 4 atom stereocenters. The van der Waals surface area contributed by atoms with Crippen LogP contribution in [0.15, 0.2) is 24.3 Å². The van der Waals surface area contributed by atoms with Crippen molar-refractivity contribution in [2.75, 3.05) is 24.5 Å². The zero-order valence-electron chi connectivity index (χ0n) is 13.0. The van der Waals surface area contributed by atoms with Crippen molar-refractivity contribution in [2.45, 2.75) is 37.8 Å². The molecule has 118 valence electrons. The maximum Gasteiger partial charge on any atom is 0.245 e. The van der Waals surface area contributed by atoms with Gasteiger partial charge in [-0.1, -0.05) is 25.1 Å². The minimum atomic E-state index is -0.126. The molecule has 3 N–H and O–H groups in total. The van der Waals surface area contributed by atoms with Crippen molar-refractivity contribution in [3.63, 3.8) is 0 Å². The van der Waals surface area contributed by atoms with E-state index in [1.54, 1.807) is 0 Å². The number of rotatable bonds is 1. The fraction of sp³-hybridized carbons (Fsp3) is 0.588. The Morgan fingerprint density at radius 2 is 2.09 bits per heavy atom. The van der Waals surface area contributed by atoms with E-state index in [-0.39, 0.29) is 11.9 Å². The van der Waals surface area contributed by atoms with Crippen molar-refractivity contribution in [1.82, 2.24) is 16.2 Å². The number of nitrogens with zero attached hydrogens (tertiary/aromatic N) is 1. The highest BCUT2D eigenvalue weighted by molar-refractivity contribution is 5.98. The lowest BCUT2D eigenvalue weighted by Crippen LogP contribution is -2.52. The molecule has 2 saturated heterocycles. The number of fused-ring (bicyclic) bond motifs is 2. The molecule has 22 heavy (non-hydrogen) atoms. The molecule has 3 heterocycles. The first-order valence-corrected chi connectivity index (χ1v) is 8.38. The van der Waals surface area contributed by atoms with Crippen LogP contribution in [0.4, 0.5) is 5.69 Å². The fourth-order valence-electron chi connectivity index (χ4n) is 4.11. The number of piperidine rings is 1. The highest BCUT2D eigenvalue weighted by Gasteiger charge is 2.43. The normalized spacial score (nSPS) is 34.1. The fourth-order valence-corrected chi connectivity index (χ4v) is 4.11. The van der Waals surface area contributed by atoms with E-state index < -0.39 is 0 Å². The molecule has 2 fully saturated rings. The molecule has 1 amide bonds. The van der Waals surface area contributed by atoms with Crippen LogP contribution in [-0.2, 0) is 4.79 Å². The van der Waals surface area contributed by atoms with Crippen LogP contribution in [-0.4, -0.2) is 37.6 Å². The zero-order valence-corrected chi connectivity index (χ0v) is 13.0. The molecule has 3 aliphatic heterocycles. The van der Waals surface area contributed by atoms with Crippen LogP contribution >= 0.6 is 0 Å². The van der Waals surface area contributed by atoms with Gasteiger partial charge in [0.05, 0.1) is 0 Å². The van der Waals surface area contributed by atoms with E-state index in [1.165, 1.54) is 5.56 Å². The molecule has 3 aliphatic rings. The monoisotopic (exact) mass is 300 g/mol. The summed E-state index contributed by atoms with van der Waals surface area (Å²) in [5.74, 6) is 1.08. The van der Waals surface area contributed by atoms with Gasteiger partial charge in [0.15, 0.2) is 0 Å². The molecule has 0 saturated carbocycles. The minimum Gasteiger partial charge on any atom is -0.316 e.